The molecule has 0 saturated carbocycles. The van der Waals surface area contributed by atoms with E-state index in [1.807, 2.05) is 24.3 Å². The zero-order chi connectivity index (χ0) is 18.4. The van der Waals surface area contributed by atoms with Crippen molar-refractivity contribution in [1.29, 1.82) is 0 Å². The number of anilines is 1. The average molecular weight is 350 g/mol. The van der Waals surface area contributed by atoms with Crippen LogP contribution >= 0.6 is 0 Å². The van der Waals surface area contributed by atoms with Crippen molar-refractivity contribution in [3.63, 3.8) is 0 Å². The highest BCUT2D eigenvalue weighted by molar-refractivity contribution is 5.99. The Bertz CT molecular complexity index is 906. The molecule has 0 spiro atoms. The van der Waals surface area contributed by atoms with Crippen LogP contribution in [0.15, 0.2) is 59.1 Å². The third-order valence-electron chi connectivity index (χ3n) is 3.65. The fourth-order valence-corrected chi connectivity index (χ4v) is 2.42. The number of hydrogen-bond acceptors (Lipinski definition) is 5. The molecule has 0 aliphatic heterocycles. The van der Waals surface area contributed by atoms with Gasteiger partial charge in [-0.25, -0.2) is 0 Å². The van der Waals surface area contributed by atoms with Gasteiger partial charge < -0.3 is 15.2 Å². The summed E-state index contributed by atoms with van der Waals surface area (Å²) >= 11 is 0. The quantitative estimate of drug-likeness (QED) is 0.711. The molecule has 1 heterocycles. The molecule has 2 aromatic carbocycles. The molecule has 0 unspecified atom stereocenters. The molecule has 132 valence electrons. The SMILES string of the molecule is Cc1noc(Cc2ccccc2NC(=O)CNC(=O)c2ccccc2)n1. The van der Waals surface area contributed by atoms with E-state index in [2.05, 4.69) is 20.8 Å². The molecule has 0 radical (unpaired) electrons. The lowest BCUT2D eigenvalue weighted by atomic mass is 10.1. The number of benzene rings is 2. The highest BCUT2D eigenvalue weighted by Gasteiger charge is 2.12. The van der Waals surface area contributed by atoms with E-state index in [9.17, 15) is 9.59 Å². The van der Waals surface area contributed by atoms with Crippen LogP contribution in [0.4, 0.5) is 5.69 Å². The Balaban J connectivity index is 1.60. The fourth-order valence-electron chi connectivity index (χ4n) is 2.42. The van der Waals surface area contributed by atoms with E-state index >= 15 is 0 Å². The van der Waals surface area contributed by atoms with Gasteiger partial charge in [-0.2, -0.15) is 4.98 Å². The van der Waals surface area contributed by atoms with Gasteiger partial charge in [-0.15, -0.1) is 0 Å². The number of carbonyl (C=O) groups is 2. The summed E-state index contributed by atoms with van der Waals surface area (Å²) < 4.78 is 5.13. The largest absolute Gasteiger partial charge is 0.343 e. The molecule has 0 saturated heterocycles. The number of nitrogens with one attached hydrogen (secondary N) is 2. The molecule has 0 bridgehead atoms. The second-order valence-corrected chi connectivity index (χ2v) is 5.67. The van der Waals surface area contributed by atoms with Gasteiger partial charge in [-0.05, 0) is 30.7 Å². The maximum absolute atomic E-state index is 12.2. The summed E-state index contributed by atoms with van der Waals surface area (Å²) in [5.41, 5.74) is 1.99. The van der Waals surface area contributed by atoms with Gasteiger partial charge in [0.25, 0.3) is 5.91 Å². The molecule has 7 nitrogen and oxygen atoms in total. The van der Waals surface area contributed by atoms with Gasteiger partial charge in [0.1, 0.15) is 0 Å². The Kier molecular flexibility index (Phi) is 5.38. The summed E-state index contributed by atoms with van der Waals surface area (Å²) in [5.74, 6) is 0.422. The third kappa shape index (κ3) is 4.54. The monoisotopic (exact) mass is 350 g/mol. The predicted molar refractivity (Wildman–Crippen MR) is 95.7 cm³/mol. The second-order valence-electron chi connectivity index (χ2n) is 5.67. The maximum atomic E-state index is 12.2. The number of aryl methyl sites for hydroxylation is 1. The first-order valence-electron chi connectivity index (χ1n) is 8.12. The van der Waals surface area contributed by atoms with E-state index in [1.165, 1.54) is 0 Å². The summed E-state index contributed by atoms with van der Waals surface area (Å²) in [5, 5.41) is 9.16. The molecule has 0 aliphatic carbocycles. The van der Waals surface area contributed by atoms with E-state index in [0.29, 0.717) is 29.4 Å². The molecule has 2 amide bonds. The minimum Gasteiger partial charge on any atom is -0.343 e. The first kappa shape index (κ1) is 17.3. The van der Waals surface area contributed by atoms with Crippen molar-refractivity contribution in [3.05, 3.63) is 77.4 Å². The summed E-state index contributed by atoms with van der Waals surface area (Å²) in [4.78, 5) is 28.3. The predicted octanol–water partition coefficient (Wildman–Crippen LogP) is 2.34. The van der Waals surface area contributed by atoms with Gasteiger partial charge in [-0.1, -0.05) is 41.6 Å². The normalized spacial score (nSPS) is 10.3. The lowest BCUT2D eigenvalue weighted by molar-refractivity contribution is -0.115. The van der Waals surface area contributed by atoms with Crippen LogP contribution in [0.1, 0.15) is 27.6 Å². The van der Waals surface area contributed by atoms with Gasteiger partial charge in [0, 0.05) is 11.3 Å². The van der Waals surface area contributed by atoms with E-state index in [-0.39, 0.29) is 18.4 Å². The van der Waals surface area contributed by atoms with Gasteiger partial charge in [-0.3, -0.25) is 9.59 Å². The standard InChI is InChI=1S/C19H18N4O3/c1-13-21-18(26-23-13)11-15-9-5-6-10-16(15)22-17(24)12-20-19(25)14-7-3-2-4-8-14/h2-10H,11-12H2,1H3,(H,20,25)(H,22,24). The highest BCUT2D eigenvalue weighted by atomic mass is 16.5. The maximum Gasteiger partial charge on any atom is 0.251 e. The number of rotatable bonds is 6. The van der Waals surface area contributed by atoms with E-state index in [4.69, 9.17) is 4.52 Å². The lowest BCUT2D eigenvalue weighted by Gasteiger charge is -2.10. The molecular weight excluding hydrogens is 332 g/mol. The summed E-state index contributed by atoms with van der Waals surface area (Å²) in [7, 11) is 0. The van der Waals surface area contributed by atoms with Gasteiger partial charge in [0.05, 0.1) is 13.0 Å². The first-order valence-corrected chi connectivity index (χ1v) is 8.12. The zero-order valence-electron chi connectivity index (χ0n) is 14.2. The molecule has 0 fully saturated rings. The minimum atomic E-state index is -0.316. The molecule has 3 rings (SSSR count). The Morgan fingerprint density at radius 3 is 2.50 bits per heavy atom. The van der Waals surface area contributed by atoms with Crippen molar-refractivity contribution >= 4 is 17.5 Å². The van der Waals surface area contributed by atoms with Gasteiger partial charge in [0.2, 0.25) is 11.8 Å². The fraction of sp³-hybridized carbons (Fsp3) is 0.158. The number of carbonyl (C=O) groups excluding carboxylic acids is 2. The van der Waals surface area contributed by atoms with Crippen molar-refractivity contribution in [2.24, 2.45) is 0 Å². The number of aromatic nitrogens is 2. The molecule has 0 aliphatic rings. The van der Waals surface area contributed by atoms with Crippen LogP contribution < -0.4 is 10.6 Å². The number of para-hydroxylation sites is 1. The molecule has 0 atom stereocenters. The van der Waals surface area contributed by atoms with Crippen molar-refractivity contribution in [1.82, 2.24) is 15.5 Å². The van der Waals surface area contributed by atoms with Crippen LogP contribution in [0, 0.1) is 6.92 Å². The highest BCUT2D eigenvalue weighted by Crippen LogP contribution is 2.18. The number of hydrogen-bond donors (Lipinski definition) is 2. The third-order valence-corrected chi connectivity index (χ3v) is 3.65. The molecule has 2 N–H and O–H groups in total. The van der Waals surface area contributed by atoms with Crippen molar-refractivity contribution in [3.8, 4) is 0 Å². The van der Waals surface area contributed by atoms with Crippen molar-refractivity contribution in [2.75, 3.05) is 11.9 Å². The second kappa shape index (κ2) is 8.06. The van der Waals surface area contributed by atoms with Crippen molar-refractivity contribution in [2.45, 2.75) is 13.3 Å². The number of nitrogens with zero attached hydrogens (tertiary/aromatic N) is 2. The van der Waals surface area contributed by atoms with E-state index in [0.717, 1.165) is 5.56 Å². The van der Waals surface area contributed by atoms with Crippen molar-refractivity contribution < 1.29 is 14.1 Å². The topological polar surface area (TPSA) is 97.1 Å². The average Bonchev–Trinajstić information content (AvgIpc) is 3.07. The van der Waals surface area contributed by atoms with Crippen LogP contribution in [0.3, 0.4) is 0 Å². The Hall–Kier alpha value is -3.48. The molecule has 7 heteroatoms. The lowest BCUT2D eigenvalue weighted by Crippen LogP contribution is -2.33. The molecule has 26 heavy (non-hydrogen) atoms. The number of amides is 2. The molecule has 1 aromatic heterocycles. The van der Waals surface area contributed by atoms with Gasteiger partial charge in [0.15, 0.2) is 5.82 Å². The first-order chi connectivity index (χ1) is 12.6. The van der Waals surface area contributed by atoms with Crippen LogP contribution in [-0.2, 0) is 11.2 Å². The minimum absolute atomic E-state index is 0.123. The van der Waals surface area contributed by atoms with Crippen LogP contribution in [0.2, 0.25) is 0 Å². The molecule has 3 aromatic rings. The summed E-state index contributed by atoms with van der Waals surface area (Å²) in [6.45, 7) is 1.62. The van der Waals surface area contributed by atoms with Crippen LogP contribution in [-0.4, -0.2) is 28.5 Å². The van der Waals surface area contributed by atoms with Gasteiger partial charge >= 0.3 is 0 Å². The van der Waals surface area contributed by atoms with E-state index in [1.54, 1.807) is 37.3 Å². The summed E-state index contributed by atoms with van der Waals surface area (Å²) in [6.07, 6.45) is 0.410. The smallest absolute Gasteiger partial charge is 0.251 e. The Labute approximate surface area is 150 Å². The van der Waals surface area contributed by atoms with Crippen LogP contribution in [0.5, 0.6) is 0 Å². The van der Waals surface area contributed by atoms with Crippen LogP contribution in [0.25, 0.3) is 0 Å². The summed E-state index contributed by atoms with van der Waals surface area (Å²) in [6, 6.07) is 16.1. The Morgan fingerprint density at radius 1 is 1.04 bits per heavy atom. The zero-order valence-corrected chi connectivity index (χ0v) is 14.2. The Morgan fingerprint density at radius 2 is 1.77 bits per heavy atom. The molecular formula is C19H18N4O3. The van der Waals surface area contributed by atoms with E-state index < -0.39 is 0 Å².